The molecule has 0 N–H and O–H groups in total. The molecule has 0 saturated heterocycles. The Morgan fingerprint density at radius 1 is 0.679 bits per heavy atom. The van der Waals surface area contributed by atoms with Gasteiger partial charge in [-0.25, -0.2) is 9.97 Å². The third kappa shape index (κ3) is 8.99. The highest BCUT2D eigenvalue weighted by Crippen LogP contribution is 2.18. The van der Waals surface area contributed by atoms with Crippen molar-refractivity contribution < 1.29 is 0 Å². The summed E-state index contributed by atoms with van der Waals surface area (Å²) in [7, 11) is 0. The Kier molecular flexibility index (Phi) is 10.9. The molecule has 1 heterocycles. The predicted molar refractivity (Wildman–Crippen MR) is 122 cm³/mol. The fraction of sp³-hybridized carbons (Fsp3) is 0.615. The monoisotopic (exact) mass is 380 g/mol. The van der Waals surface area contributed by atoms with Gasteiger partial charge in [0.25, 0.3) is 0 Å². The zero-order chi connectivity index (χ0) is 20.0. The number of rotatable bonds is 14. The number of aryl methyl sites for hydroxylation is 2. The highest BCUT2D eigenvalue weighted by atomic mass is 14.9. The molecule has 0 saturated carbocycles. The maximum absolute atomic E-state index is 4.59. The first-order valence-electron chi connectivity index (χ1n) is 11.6. The van der Waals surface area contributed by atoms with E-state index in [2.05, 4.69) is 55.0 Å². The molecule has 1 aromatic carbocycles. The first-order chi connectivity index (χ1) is 13.7. The summed E-state index contributed by atoms with van der Waals surface area (Å²) in [4.78, 5) is 9.19. The van der Waals surface area contributed by atoms with E-state index in [0.717, 1.165) is 23.7 Å². The molecule has 1 aromatic heterocycles. The average Bonchev–Trinajstić information content (AvgIpc) is 2.71. The second-order valence-corrected chi connectivity index (χ2v) is 8.62. The Hall–Kier alpha value is -1.70. The first kappa shape index (κ1) is 22.6. The Labute approximate surface area is 173 Å². The standard InChI is InChI=1S/C26H40N2/c1-4-5-6-7-12-15-24-20-27-26(28-21-24)25-18-16-23(17-19-25)14-11-9-8-10-13-22(2)3/h16-22H,4-15H2,1-3H3. The van der Waals surface area contributed by atoms with E-state index in [9.17, 15) is 0 Å². The number of unbranched alkanes of at least 4 members (excludes halogenated alkanes) is 7. The van der Waals surface area contributed by atoms with Crippen molar-refractivity contribution in [2.45, 2.75) is 97.8 Å². The lowest BCUT2D eigenvalue weighted by atomic mass is 10.0. The summed E-state index contributed by atoms with van der Waals surface area (Å²) in [5.74, 6) is 1.68. The minimum absolute atomic E-state index is 0.842. The van der Waals surface area contributed by atoms with Gasteiger partial charge in [-0.3, -0.25) is 0 Å². The van der Waals surface area contributed by atoms with Gasteiger partial charge in [0.2, 0.25) is 0 Å². The van der Waals surface area contributed by atoms with Gasteiger partial charge in [-0.15, -0.1) is 0 Å². The van der Waals surface area contributed by atoms with Crippen LogP contribution in [0.5, 0.6) is 0 Å². The van der Waals surface area contributed by atoms with Crippen LogP contribution in [0.2, 0.25) is 0 Å². The molecule has 0 aliphatic carbocycles. The largest absolute Gasteiger partial charge is 0.236 e. The van der Waals surface area contributed by atoms with Crippen molar-refractivity contribution in [2.24, 2.45) is 5.92 Å². The van der Waals surface area contributed by atoms with E-state index >= 15 is 0 Å². The van der Waals surface area contributed by atoms with Crippen LogP contribution in [0.4, 0.5) is 0 Å². The summed E-state index contributed by atoms with van der Waals surface area (Å²) < 4.78 is 0. The van der Waals surface area contributed by atoms with Crippen molar-refractivity contribution in [3.05, 3.63) is 47.8 Å². The predicted octanol–water partition coefficient (Wildman–Crippen LogP) is 7.81. The molecule has 0 atom stereocenters. The number of benzene rings is 1. The minimum Gasteiger partial charge on any atom is -0.236 e. The molecule has 0 amide bonds. The lowest BCUT2D eigenvalue weighted by Gasteiger charge is -2.06. The highest BCUT2D eigenvalue weighted by Gasteiger charge is 2.03. The summed E-state index contributed by atoms with van der Waals surface area (Å²) >= 11 is 0. The number of nitrogens with zero attached hydrogens (tertiary/aromatic N) is 2. The van der Waals surface area contributed by atoms with Crippen LogP contribution in [0.1, 0.15) is 96.1 Å². The lowest BCUT2D eigenvalue weighted by molar-refractivity contribution is 0.520. The summed E-state index contributed by atoms with van der Waals surface area (Å²) in [6.07, 6.45) is 19.6. The molecular weight excluding hydrogens is 340 g/mol. The van der Waals surface area contributed by atoms with Crippen molar-refractivity contribution in [1.29, 1.82) is 0 Å². The summed E-state index contributed by atoms with van der Waals surface area (Å²) in [6, 6.07) is 8.84. The van der Waals surface area contributed by atoms with E-state index in [1.54, 1.807) is 0 Å². The zero-order valence-corrected chi connectivity index (χ0v) is 18.4. The quantitative estimate of drug-likeness (QED) is 0.312. The molecule has 28 heavy (non-hydrogen) atoms. The third-order valence-electron chi connectivity index (χ3n) is 5.48. The Morgan fingerprint density at radius 2 is 1.25 bits per heavy atom. The van der Waals surface area contributed by atoms with Gasteiger partial charge in [0, 0.05) is 18.0 Å². The molecule has 2 heteroatoms. The molecule has 2 rings (SSSR count). The van der Waals surface area contributed by atoms with Crippen molar-refractivity contribution in [1.82, 2.24) is 9.97 Å². The zero-order valence-electron chi connectivity index (χ0n) is 18.4. The molecule has 0 fully saturated rings. The Balaban J connectivity index is 1.72. The van der Waals surface area contributed by atoms with Gasteiger partial charge < -0.3 is 0 Å². The fourth-order valence-corrected chi connectivity index (χ4v) is 3.62. The fourth-order valence-electron chi connectivity index (χ4n) is 3.62. The molecule has 0 bridgehead atoms. The molecule has 2 aromatic rings. The van der Waals surface area contributed by atoms with E-state index < -0.39 is 0 Å². The maximum atomic E-state index is 4.59. The van der Waals surface area contributed by atoms with Crippen LogP contribution in [-0.2, 0) is 12.8 Å². The Bertz CT molecular complexity index is 628. The molecule has 0 aliphatic rings. The van der Waals surface area contributed by atoms with Crippen molar-refractivity contribution in [3.8, 4) is 11.4 Å². The van der Waals surface area contributed by atoms with E-state index in [-0.39, 0.29) is 0 Å². The minimum atomic E-state index is 0.842. The van der Waals surface area contributed by atoms with E-state index in [4.69, 9.17) is 0 Å². The van der Waals surface area contributed by atoms with Crippen molar-refractivity contribution >= 4 is 0 Å². The number of hydrogen-bond acceptors (Lipinski definition) is 2. The molecule has 154 valence electrons. The van der Waals surface area contributed by atoms with Gasteiger partial charge in [0.1, 0.15) is 0 Å². The topological polar surface area (TPSA) is 25.8 Å². The molecule has 0 spiro atoms. The summed E-state index contributed by atoms with van der Waals surface area (Å²) in [6.45, 7) is 6.88. The van der Waals surface area contributed by atoms with Crippen molar-refractivity contribution in [3.63, 3.8) is 0 Å². The van der Waals surface area contributed by atoms with Crippen molar-refractivity contribution in [2.75, 3.05) is 0 Å². The SMILES string of the molecule is CCCCCCCc1cnc(-c2ccc(CCCCCCC(C)C)cc2)nc1. The summed E-state index contributed by atoms with van der Waals surface area (Å²) in [5.41, 5.74) is 3.81. The van der Waals surface area contributed by atoms with Crippen LogP contribution in [-0.4, -0.2) is 9.97 Å². The van der Waals surface area contributed by atoms with E-state index in [0.29, 0.717) is 0 Å². The van der Waals surface area contributed by atoms with Gasteiger partial charge in [0.15, 0.2) is 5.82 Å². The lowest BCUT2D eigenvalue weighted by Crippen LogP contribution is -1.94. The van der Waals surface area contributed by atoms with Gasteiger partial charge in [-0.2, -0.15) is 0 Å². The van der Waals surface area contributed by atoms with Crippen LogP contribution in [0, 0.1) is 5.92 Å². The van der Waals surface area contributed by atoms with Gasteiger partial charge in [-0.05, 0) is 42.7 Å². The average molecular weight is 381 g/mol. The van der Waals surface area contributed by atoms with Crippen LogP contribution in [0.25, 0.3) is 11.4 Å². The van der Waals surface area contributed by atoms with Crippen LogP contribution in [0.3, 0.4) is 0 Å². The van der Waals surface area contributed by atoms with E-state index in [1.165, 1.54) is 81.8 Å². The second-order valence-electron chi connectivity index (χ2n) is 8.62. The number of aromatic nitrogens is 2. The van der Waals surface area contributed by atoms with Gasteiger partial charge in [-0.1, -0.05) is 96.4 Å². The molecule has 2 nitrogen and oxygen atoms in total. The summed E-state index contributed by atoms with van der Waals surface area (Å²) in [5, 5.41) is 0. The first-order valence-corrected chi connectivity index (χ1v) is 11.6. The van der Waals surface area contributed by atoms with E-state index in [1.807, 2.05) is 12.4 Å². The van der Waals surface area contributed by atoms with Crippen LogP contribution < -0.4 is 0 Å². The smallest absolute Gasteiger partial charge is 0.159 e. The third-order valence-corrected chi connectivity index (χ3v) is 5.48. The second kappa shape index (κ2) is 13.5. The molecule has 0 aliphatic heterocycles. The Morgan fingerprint density at radius 3 is 1.86 bits per heavy atom. The molecular formula is C26H40N2. The maximum Gasteiger partial charge on any atom is 0.159 e. The highest BCUT2D eigenvalue weighted by molar-refractivity contribution is 5.55. The van der Waals surface area contributed by atoms with Gasteiger partial charge in [0.05, 0.1) is 0 Å². The molecule has 0 unspecified atom stereocenters. The van der Waals surface area contributed by atoms with Crippen LogP contribution >= 0.6 is 0 Å². The van der Waals surface area contributed by atoms with Crippen LogP contribution in [0.15, 0.2) is 36.7 Å². The van der Waals surface area contributed by atoms with Gasteiger partial charge >= 0.3 is 0 Å². The molecule has 0 radical (unpaired) electrons. The normalized spacial score (nSPS) is 11.3. The number of hydrogen-bond donors (Lipinski definition) is 0.